The summed E-state index contributed by atoms with van der Waals surface area (Å²) in [7, 11) is 0. The van der Waals surface area contributed by atoms with Gasteiger partial charge in [0.15, 0.2) is 0 Å². The topological polar surface area (TPSA) is 44.8 Å². The number of allylic oxidation sites excluding steroid dienone is 1. The molecular weight excluding hydrogens is 604 g/mol. The van der Waals surface area contributed by atoms with Crippen LogP contribution in [-0.2, 0) is 25.6 Å². The van der Waals surface area contributed by atoms with Crippen LogP contribution in [0.5, 0.6) is 0 Å². The first kappa shape index (κ1) is 37.1. The van der Waals surface area contributed by atoms with Gasteiger partial charge in [-0.3, -0.25) is 4.79 Å². The molecular formula is C45H70O4. The summed E-state index contributed by atoms with van der Waals surface area (Å²) < 4.78 is 20.1. The lowest BCUT2D eigenvalue weighted by molar-refractivity contribution is -0.253. The fourth-order valence-electron chi connectivity index (χ4n) is 12.7. The molecule has 49 heavy (non-hydrogen) atoms. The van der Waals surface area contributed by atoms with E-state index in [1.165, 1.54) is 12.8 Å². The van der Waals surface area contributed by atoms with Gasteiger partial charge in [0.1, 0.15) is 6.61 Å². The standard InChI is InChI=1S/C45H70O4/c1-29(2)32(5)41(9)22-23-43(11)34-18-19-36-42(10)27-47-28-45(36,24-30(3)38(42)48-25-31(4)40(6,7)8)35(34)20-21-44(43,12)37(41)39(46)49-26-33-16-14-13-15-17-33/h13-17,20,29-32,34,36-38H,18-19,21-28H2,1-12H3/t30-,31+,32-,34+,36+,37-,38+,41-,42+,43-,44+,45+/m1/s1. The number of hydrogen-bond acceptors (Lipinski definition) is 4. The Morgan fingerprint density at radius 3 is 2.31 bits per heavy atom. The smallest absolute Gasteiger partial charge is 0.310 e. The minimum Gasteiger partial charge on any atom is -0.461 e. The van der Waals surface area contributed by atoms with E-state index in [1.807, 2.05) is 18.2 Å². The van der Waals surface area contributed by atoms with Crippen molar-refractivity contribution in [2.75, 3.05) is 19.8 Å². The van der Waals surface area contributed by atoms with Gasteiger partial charge in [0.2, 0.25) is 0 Å². The summed E-state index contributed by atoms with van der Waals surface area (Å²) in [5.74, 6) is 2.76. The molecule has 4 aliphatic carbocycles. The minimum absolute atomic E-state index is 0.00258. The molecule has 1 saturated heterocycles. The Morgan fingerprint density at radius 2 is 1.65 bits per heavy atom. The summed E-state index contributed by atoms with van der Waals surface area (Å²) in [6, 6.07) is 10.2. The van der Waals surface area contributed by atoms with Crippen LogP contribution in [0.3, 0.4) is 0 Å². The maximum Gasteiger partial charge on any atom is 0.310 e. The van der Waals surface area contributed by atoms with Crippen LogP contribution in [-0.4, -0.2) is 31.9 Å². The quantitative estimate of drug-likeness (QED) is 0.203. The molecule has 0 amide bonds. The molecule has 1 aromatic carbocycles. The van der Waals surface area contributed by atoms with Crippen LogP contribution in [0.4, 0.5) is 0 Å². The second-order valence-electron chi connectivity index (χ2n) is 20.3. The first-order chi connectivity index (χ1) is 22.8. The Kier molecular flexibility index (Phi) is 9.68. The fourth-order valence-corrected chi connectivity index (χ4v) is 12.7. The number of esters is 1. The Labute approximate surface area is 299 Å². The van der Waals surface area contributed by atoms with Gasteiger partial charge in [0.25, 0.3) is 0 Å². The number of hydrogen-bond donors (Lipinski definition) is 0. The van der Waals surface area contributed by atoms with Gasteiger partial charge in [0, 0.05) is 10.8 Å². The lowest BCUT2D eigenvalue weighted by Gasteiger charge is -2.71. The summed E-state index contributed by atoms with van der Waals surface area (Å²) >= 11 is 0. The van der Waals surface area contributed by atoms with Crippen LogP contribution in [0.1, 0.15) is 127 Å². The first-order valence-electron chi connectivity index (χ1n) is 20.0. The lowest BCUT2D eigenvalue weighted by atomic mass is 9.34. The second-order valence-corrected chi connectivity index (χ2v) is 20.3. The summed E-state index contributed by atoms with van der Waals surface area (Å²) in [5.41, 5.74) is 2.72. The normalized spacial score (nSPS) is 43.0. The molecule has 1 heterocycles. The molecule has 0 aromatic heterocycles. The molecule has 1 aromatic rings. The van der Waals surface area contributed by atoms with Gasteiger partial charge in [-0.25, -0.2) is 0 Å². The Balaban J connectivity index is 1.36. The number of benzene rings is 1. The van der Waals surface area contributed by atoms with Gasteiger partial charge in [-0.15, -0.1) is 0 Å². The van der Waals surface area contributed by atoms with E-state index in [9.17, 15) is 4.79 Å². The van der Waals surface area contributed by atoms with Crippen molar-refractivity contribution >= 4 is 5.97 Å². The Morgan fingerprint density at radius 1 is 0.959 bits per heavy atom. The minimum atomic E-state index is -0.192. The molecule has 0 N–H and O–H groups in total. The summed E-state index contributed by atoms with van der Waals surface area (Å²) in [6.07, 6.45) is 9.59. The van der Waals surface area contributed by atoms with Crippen molar-refractivity contribution in [2.24, 2.45) is 73.9 Å². The third-order valence-electron chi connectivity index (χ3n) is 16.6. The van der Waals surface area contributed by atoms with E-state index < -0.39 is 0 Å². The van der Waals surface area contributed by atoms with Crippen LogP contribution < -0.4 is 0 Å². The molecule has 4 nitrogen and oxygen atoms in total. The van der Waals surface area contributed by atoms with Crippen LogP contribution >= 0.6 is 0 Å². The molecule has 0 radical (unpaired) electrons. The Hall–Kier alpha value is -1.65. The van der Waals surface area contributed by atoms with Crippen molar-refractivity contribution in [3.63, 3.8) is 0 Å². The summed E-state index contributed by atoms with van der Waals surface area (Å²) in [5, 5.41) is 0. The van der Waals surface area contributed by atoms with Gasteiger partial charge in [0.05, 0.1) is 31.8 Å². The van der Waals surface area contributed by atoms with E-state index in [-0.39, 0.29) is 50.5 Å². The third kappa shape index (κ3) is 5.71. The number of rotatable bonds is 8. The number of fused-ring (bicyclic) bond motifs is 3. The van der Waals surface area contributed by atoms with E-state index in [0.29, 0.717) is 42.1 Å². The van der Waals surface area contributed by atoms with E-state index in [4.69, 9.17) is 14.2 Å². The molecule has 0 spiro atoms. The maximum atomic E-state index is 14.7. The van der Waals surface area contributed by atoms with Crippen LogP contribution in [0.15, 0.2) is 42.0 Å². The third-order valence-corrected chi connectivity index (χ3v) is 16.6. The molecule has 12 atom stereocenters. The van der Waals surface area contributed by atoms with Crippen LogP contribution in [0, 0.1) is 73.9 Å². The van der Waals surface area contributed by atoms with E-state index in [0.717, 1.165) is 51.1 Å². The van der Waals surface area contributed by atoms with Crippen LogP contribution in [0.2, 0.25) is 0 Å². The molecule has 0 unspecified atom stereocenters. The van der Waals surface area contributed by atoms with Crippen molar-refractivity contribution in [3.8, 4) is 0 Å². The van der Waals surface area contributed by atoms with Gasteiger partial charge >= 0.3 is 5.97 Å². The lowest BCUT2D eigenvalue weighted by Crippen LogP contribution is -2.69. The number of ether oxygens (including phenoxy) is 3. The van der Waals surface area contributed by atoms with Crippen molar-refractivity contribution in [2.45, 2.75) is 134 Å². The highest BCUT2D eigenvalue weighted by atomic mass is 16.5. The highest BCUT2D eigenvalue weighted by Gasteiger charge is 2.71. The SMILES string of the molecule is CC(C)[C@@H](C)[C@@]1(C)CC[C@]2(C)[C@H]3CC[C@@H]4[C@@]5(COC[C@]4(C)[C@@H](OC[C@H](C)C(C)(C)C)[C@H](C)C5)C3=CC[C@@]2(C)[C@@H]1C(=O)OCc1ccccc1. The maximum absolute atomic E-state index is 14.7. The fraction of sp³-hybridized carbons (Fsp3) is 0.800. The van der Waals surface area contributed by atoms with Crippen molar-refractivity contribution < 1.29 is 19.0 Å². The monoisotopic (exact) mass is 675 g/mol. The van der Waals surface area contributed by atoms with Gasteiger partial charge in [-0.05, 0) is 101 Å². The predicted molar refractivity (Wildman–Crippen MR) is 200 cm³/mol. The zero-order valence-corrected chi connectivity index (χ0v) is 33.3. The highest BCUT2D eigenvalue weighted by molar-refractivity contribution is 5.75. The summed E-state index contributed by atoms with van der Waals surface area (Å²) in [4.78, 5) is 14.7. The molecule has 1 aliphatic heterocycles. The van der Waals surface area contributed by atoms with Gasteiger partial charge in [-0.2, -0.15) is 0 Å². The Bertz CT molecular complexity index is 1390. The van der Waals surface area contributed by atoms with Crippen molar-refractivity contribution in [1.29, 1.82) is 0 Å². The predicted octanol–water partition coefficient (Wildman–Crippen LogP) is 10.9. The molecule has 3 saturated carbocycles. The first-order valence-corrected chi connectivity index (χ1v) is 20.0. The largest absolute Gasteiger partial charge is 0.461 e. The zero-order chi connectivity index (χ0) is 35.8. The average molecular weight is 675 g/mol. The molecule has 2 bridgehead atoms. The van der Waals surface area contributed by atoms with Crippen molar-refractivity contribution in [3.05, 3.63) is 47.5 Å². The molecule has 5 aliphatic rings. The number of carbonyl (C=O) groups excluding carboxylic acids is 1. The second kappa shape index (κ2) is 12.8. The van der Waals surface area contributed by atoms with Gasteiger partial charge in [-0.1, -0.05) is 125 Å². The average Bonchev–Trinajstić information content (AvgIpc) is 3.03. The summed E-state index contributed by atoms with van der Waals surface area (Å²) in [6.45, 7) is 31.6. The van der Waals surface area contributed by atoms with E-state index >= 15 is 0 Å². The highest BCUT2D eigenvalue weighted by Crippen LogP contribution is 2.75. The van der Waals surface area contributed by atoms with E-state index in [1.54, 1.807) is 5.57 Å². The molecule has 6 rings (SSSR count). The zero-order valence-electron chi connectivity index (χ0n) is 33.3. The van der Waals surface area contributed by atoms with Crippen LogP contribution in [0.25, 0.3) is 0 Å². The number of carbonyl (C=O) groups is 1. The van der Waals surface area contributed by atoms with Crippen molar-refractivity contribution in [1.82, 2.24) is 0 Å². The van der Waals surface area contributed by atoms with Gasteiger partial charge < -0.3 is 14.2 Å². The molecule has 4 heteroatoms. The molecule has 4 fully saturated rings. The molecule has 274 valence electrons. The van der Waals surface area contributed by atoms with E-state index in [2.05, 4.69) is 101 Å².